The summed E-state index contributed by atoms with van der Waals surface area (Å²) in [5.74, 6) is 0.0415. The zero-order valence-electron chi connectivity index (χ0n) is 12.8. The SMILES string of the molecule is CC(=O)NCCc1csc2ccc(SC3C=CCCC3)cc12. The Hall–Kier alpha value is -1.26. The lowest BCUT2D eigenvalue weighted by Gasteiger charge is -2.15. The summed E-state index contributed by atoms with van der Waals surface area (Å²) in [5, 5.41) is 7.07. The molecule has 1 aliphatic rings. The van der Waals surface area contributed by atoms with Crippen molar-refractivity contribution in [3.05, 3.63) is 41.3 Å². The lowest BCUT2D eigenvalue weighted by molar-refractivity contribution is -0.118. The fourth-order valence-electron chi connectivity index (χ4n) is 2.76. The van der Waals surface area contributed by atoms with Gasteiger partial charge in [-0.25, -0.2) is 0 Å². The number of allylic oxidation sites excluding steroid dienone is 1. The van der Waals surface area contributed by atoms with Gasteiger partial charge in [0.25, 0.3) is 0 Å². The molecule has 1 atom stereocenters. The maximum absolute atomic E-state index is 11.0. The van der Waals surface area contributed by atoms with Crippen molar-refractivity contribution in [1.29, 1.82) is 0 Å². The Morgan fingerprint density at radius 1 is 1.45 bits per heavy atom. The van der Waals surface area contributed by atoms with Crippen LogP contribution < -0.4 is 5.32 Å². The molecule has 2 nitrogen and oxygen atoms in total. The molecule has 0 aliphatic heterocycles. The predicted octanol–water partition coefficient (Wildman–Crippen LogP) is 4.78. The molecular weight excluding hydrogens is 310 g/mol. The average Bonchev–Trinajstić information content (AvgIpc) is 2.91. The fraction of sp³-hybridized carbons (Fsp3) is 0.389. The quantitative estimate of drug-likeness (QED) is 0.799. The minimum atomic E-state index is 0.0415. The van der Waals surface area contributed by atoms with Gasteiger partial charge in [0.15, 0.2) is 0 Å². The molecule has 1 heterocycles. The van der Waals surface area contributed by atoms with Crippen LogP contribution in [0.15, 0.2) is 40.6 Å². The second-order valence-corrected chi connectivity index (χ2v) is 7.89. The number of hydrogen-bond acceptors (Lipinski definition) is 3. The summed E-state index contributed by atoms with van der Waals surface area (Å²) in [6.45, 7) is 2.28. The van der Waals surface area contributed by atoms with Crippen LogP contribution in [0, 0.1) is 0 Å². The Bertz CT molecular complexity index is 689. The lowest BCUT2D eigenvalue weighted by Crippen LogP contribution is -2.22. The molecule has 1 N–H and O–H groups in total. The van der Waals surface area contributed by atoms with Gasteiger partial charge in [0, 0.05) is 28.3 Å². The summed E-state index contributed by atoms with van der Waals surface area (Å²) < 4.78 is 1.33. The standard InChI is InChI=1S/C18H21NOS2/c1-13(20)19-10-9-14-12-21-18-8-7-16(11-17(14)18)22-15-5-3-2-4-6-15/h3,5,7-8,11-12,15H,2,4,6,9-10H2,1H3,(H,19,20). The van der Waals surface area contributed by atoms with Crippen molar-refractivity contribution in [2.45, 2.75) is 42.8 Å². The van der Waals surface area contributed by atoms with E-state index in [-0.39, 0.29) is 5.91 Å². The third-order valence-corrected chi connectivity index (χ3v) is 6.13. The number of nitrogens with one attached hydrogen (secondary N) is 1. The van der Waals surface area contributed by atoms with Crippen molar-refractivity contribution in [3.63, 3.8) is 0 Å². The van der Waals surface area contributed by atoms with Gasteiger partial charge in [0.05, 0.1) is 0 Å². The summed E-state index contributed by atoms with van der Waals surface area (Å²) in [4.78, 5) is 12.3. The van der Waals surface area contributed by atoms with Gasteiger partial charge in [-0.1, -0.05) is 12.2 Å². The Labute approximate surface area is 140 Å². The Morgan fingerprint density at radius 2 is 2.36 bits per heavy atom. The van der Waals surface area contributed by atoms with E-state index in [4.69, 9.17) is 0 Å². The highest BCUT2D eigenvalue weighted by atomic mass is 32.2. The van der Waals surface area contributed by atoms with Crippen molar-refractivity contribution in [3.8, 4) is 0 Å². The molecule has 1 aromatic carbocycles. The van der Waals surface area contributed by atoms with Crippen LogP contribution in [-0.4, -0.2) is 17.7 Å². The van der Waals surface area contributed by atoms with Crippen LogP contribution in [0.1, 0.15) is 31.7 Å². The molecule has 22 heavy (non-hydrogen) atoms. The molecule has 0 radical (unpaired) electrons. The Morgan fingerprint density at radius 3 is 3.14 bits per heavy atom. The molecule has 1 amide bonds. The first-order valence-electron chi connectivity index (χ1n) is 7.80. The summed E-state index contributed by atoms with van der Waals surface area (Å²) in [7, 11) is 0. The maximum atomic E-state index is 11.0. The van der Waals surface area contributed by atoms with E-state index in [2.05, 4.69) is 41.0 Å². The lowest BCUT2D eigenvalue weighted by atomic mass is 10.1. The third-order valence-electron chi connectivity index (χ3n) is 3.89. The van der Waals surface area contributed by atoms with Gasteiger partial charge >= 0.3 is 0 Å². The van der Waals surface area contributed by atoms with E-state index in [1.54, 1.807) is 18.3 Å². The normalized spacial score (nSPS) is 17.8. The monoisotopic (exact) mass is 331 g/mol. The first-order chi connectivity index (χ1) is 10.7. The van der Waals surface area contributed by atoms with Crippen molar-refractivity contribution in [1.82, 2.24) is 5.32 Å². The van der Waals surface area contributed by atoms with E-state index < -0.39 is 0 Å². The van der Waals surface area contributed by atoms with Gasteiger partial charge in [-0.3, -0.25) is 4.79 Å². The number of fused-ring (bicyclic) bond motifs is 1. The molecule has 116 valence electrons. The number of rotatable bonds is 5. The van der Waals surface area contributed by atoms with Crippen LogP contribution in [-0.2, 0) is 11.2 Å². The van der Waals surface area contributed by atoms with E-state index >= 15 is 0 Å². The van der Waals surface area contributed by atoms with Gasteiger partial charge in [-0.05, 0) is 60.2 Å². The number of carbonyl (C=O) groups is 1. The van der Waals surface area contributed by atoms with Gasteiger partial charge < -0.3 is 5.32 Å². The molecule has 1 aliphatic carbocycles. The van der Waals surface area contributed by atoms with Gasteiger partial charge in [-0.15, -0.1) is 23.1 Å². The summed E-state index contributed by atoms with van der Waals surface area (Å²) in [6.07, 6.45) is 9.37. The summed E-state index contributed by atoms with van der Waals surface area (Å²) in [6, 6.07) is 6.79. The second-order valence-electron chi connectivity index (χ2n) is 5.67. The molecule has 1 aromatic heterocycles. The molecular formula is C18H21NOS2. The first kappa shape index (κ1) is 15.6. The van der Waals surface area contributed by atoms with Crippen LogP contribution >= 0.6 is 23.1 Å². The van der Waals surface area contributed by atoms with Crippen LogP contribution in [0.25, 0.3) is 10.1 Å². The summed E-state index contributed by atoms with van der Waals surface area (Å²) in [5.41, 5.74) is 1.34. The zero-order chi connectivity index (χ0) is 15.4. The number of benzene rings is 1. The zero-order valence-corrected chi connectivity index (χ0v) is 14.4. The number of carbonyl (C=O) groups excluding carboxylic acids is 1. The van der Waals surface area contributed by atoms with E-state index in [1.165, 1.54) is 39.8 Å². The molecule has 1 unspecified atom stereocenters. The smallest absolute Gasteiger partial charge is 0.216 e. The molecule has 2 aromatic rings. The van der Waals surface area contributed by atoms with Gasteiger partial charge in [-0.2, -0.15) is 0 Å². The van der Waals surface area contributed by atoms with Crippen molar-refractivity contribution >= 4 is 39.1 Å². The summed E-state index contributed by atoms with van der Waals surface area (Å²) >= 11 is 3.76. The Balaban J connectivity index is 1.74. The highest BCUT2D eigenvalue weighted by molar-refractivity contribution is 8.00. The first-order valence-corrected chi connectivity index (χ1v) is 9.56. The fourth-order valence-corrected chi connectivity index (χ4v) is 4.89. The minimum Gasteiger partial charge on any atom is -0.356 e. The molecule has 0 saturated carbocycles. The van der Waals surface area contributed by atoms with Crippen molar-refractivity contribution in [2.24, 2.45) is 0 Å². The molecule has 0 fully saturated rings. The number of amides is 1. The minimum absolute atomic E-state index is 0.0415. The van der Waals surface area contributed by atoms with Crippen molar-refractivity contribution in [2.75, 3.05) is 6.54 Å². The molecule has 4 heteroatoms. The highest BCUT2D eigenvalue weighted by Crippen LogP contribution is 2.34. The van der Waals surface area contributed by atoms with Gasteiger partial charge in [0.1, 0.15) is 0 Å². The number of thioether (sulfide) groups is 1. The second kappa shape index (κ2) is 7.34. The maximum Gasteiger partial charge on any atom is 0.216 e. The number of hydrogen-bond donors (Lipinski definition) is 1. The predicted molar refractivity (Wildman–Crippen MR) is 96.8 cm³/mol. The molecule has 0 saturated heterocycles. The highest BCUT2D eigenvalue weighted by Gasteiger charge is 2.11. The van der Waals surface area contributed by atoms with Crippen LogP contribution in [0.2, 0.25) is 0 Å². The van der Waals surface area contributed by atoms with Crippen LogP contribution in [0.5, 0.6) is 0 Å². The topological polar surface area (TPSA) is 29.1 Å². The van der Waals surface area contributed by atoms with Crippen LogP contribution in [0.3, 0.4) is 0 Å². The number of thiophene rings is 1. The molecule has 0 bridgehead atoms. The van der Waals surface area contributed by atoms with E-state index in [1.807, 2.05) is 11.8 Å². The van der Waals surface area contributed by atoms with Crippen molar-refractivity contribution < 1.29 is 4.79 Å². The van der Waals surface area contributed by atoms with Gasteiger partial charge in [0.2, 0.25) is 5.91 Å². The Kier molecular flexibility index (Phi) is 5.21. The van der Waals surface area contributed by atoms with Crippen LogP contribution in [0.4, 0.5) is 0 Å². The van der Waals surface area contributed by atoms with E-state index in [0.717, 1.165) is 6.42 Å². The molecule has 0 spiro atoms. The van der Waals surface area contributed by atoms with E-state index in [9.17, 15) is 4.79 Å². The molecule has 3 rings (SSSR count). The third kappa shape index (κ3) is 3.93. The largest absolute Gasteiger partial charge is 0.356 e. The average molecular weight is 332 g/mol. The van der Waals surface area contributed by atoms with E-state index in [0.29, 0.717) is 11.8 Å².